The first-order valence-electron chi connectivity index (χ1n) is 11.0. The molecule has 0 heterocycles. The summed E-state index contributed by atoms with van der Waals surface area (Å²) in [5, 5.41) is 3.26. The fourth-order valence-electron chi connectivity index (χ4n) is 3.79. The van der Waals surface area contributed by atoms with Crippen LogP contribution in [0, 0.1) is 13.8 Å². The summed E-state index contributed by atoms with van der Waals surface area (Å²) in [5.41, 5.74) is 1.94. The average molecular weight is 479 g/mol. The van der Waals surface area contributed by atoms with E-state index < -0.39 is 10.0 Å². The van der Waals surface area contributed by atoms with Crippen molar-refractivity contribution in [1.29, 1.82) is 0 Å². The number of carbonyl (C=O) groups is 1. The molecule has 1 N–H and O–H groups in total. The third kappa shape index (κ3) is 6.24. The number of halogens is 1. The summed E-state index contributed by atoms with van der Waals surface area (Å²) in [5.74, 6) is -0.374. The highest BCUT2D eigenvalue weighted by Crippen LogP contribution is 2.30. The minimum absolute atomic E-state index is 0.125. The SMILES string of the molecule is Cc1ccc(S(=O)(=O)N(CC(=O)NCCCOC2CCCC2)c2cccc(Cl)c2C)cc1. The molecule has 3 rings (SSSR count). The lowest BCUT2D eigenvalue weighted by Gasteiger charge is -2.26. The number of hydrogen-bond donors (Lipinski definition) is 1. The number of nitrogens with one attached hydrogen (secondary N) is 1. The van der Waals surface area contributed by atoms with E-state index >= 15 is 0 Å². The molecule has 0 spiro atoms. The fraction of sp³-hybridized carbons (Fsp3) is 0.458. The van der Waals surface area contributed by atoms with Crippen LogP contribution in [0.4, 0.5) is 5.69 Å². The number of nitrogens with zero attached hydrogens (tertiary/aromatic N) is 1. The van der Waals surface area contributed by atoms with Crippen LogP contribution in [0.2, 0.25) is 5.02 Å². The number of amides is 1. The van der Waals surface area contributed by atoms with Gasteiger partial charge in [0.15, 0.2) is 0 Å². The number of ether oxygens (including phenoxy) is 1. The van der Waals surface area contributed by atoms with Crippen LogP contribution in [0.3, 0.4) is 0 Å². The lowest BCUT2D eigenvalue weighted by molar-refractivity contribution is -0.119. The van der Waals surface area contributed by atoms with Crippen molar-refractivity contribution in [3.05, 3.63) is 58.6 Å². The van der Waals surface area contributed by atoms with Crippen molar-refractivity contribution in [2.45, 2.75) is 57.0 Å². The van der Waals surface area contributed by atoms with Gasteiger partial charge in [-0.05, 0) is 62.9 Å². The first kappa shape index (κ1) is 24.6. The molecule has 6 nitrogen and oxygen atoms in total. The van der Waals surface area contributed by atoms with Gasteiger partial charge in [0.2, 0.25) is 5.91 Å². The minimum atomic E-state index is -3.96. The minimum Gasteiger partial charge on any atom is -0.378 e. The second-order valence-corrected chi connectivity index (χ2v) is 10.5. The standard InChI is InChI=1S/C24H31ClN2O4S/c1-18-11-13-21(14-12-18)32(29,30)27(23-10-5-9-22(25)19(23)2)17-24(28)26-15-6-16-31-20-7-3-4-8-20/h5,9-14,20H,3-4,6-8,15-17H2,1-2H3,(H,26,28). The monoisotopic (exact) mass is 478 g/mol. The Kier molecular flexibility index (Phi) is 8.57. The second-order valence-electron chi connectivity index (χ2n) is 8.19. The maximum Gasteiger partial charge on any atom is 0.264 e. The summed E-state index contributed by atoms with van der Waals surface area (Å²) in [6.07, 6.45) is 5.68. The van der Waals surface area contributed by atoms with Gasteiger partial charge >= 0.3 is 0 Å². The van der Waals surface area contributed by atoms with Crippen LogP contribution in [0.1, 0.15) is 43.2 Å². The Morgan fingerprint density at radius 2 is 1.81 bits per heavy atom. The smallest absolute Gasteiger partial charge is 0.264 e. The molecule has 1 aliphatic carbocycles. The molecular weight excluding hydrogens is 448 g/mol. The average Bonchev–Trinajstić information content (AvgIpc) is 3.28. The van der Waals surface area contributed by atoms with Crippen molar-refractivity contribution < 1.29 is 17.9 Å². The maximum atomic E-state index is 13.4. The molecule has 8 heteroatoms. The van der Waals surface area contributed by atoms with Crippen LogP contribution >= 0.6 is 11.6 Å². The van der Waals surface area contributed by atoms with E-state index in [2.05, 4.69) is 5.32 Å². The number of hydrogen-bond acceptors (Lipinski definition) is 4. The largest absolute Gasteiger partial charge is 0.378 e. The van der Waals surface area contributed by atoms with Crippen LogP contribution in [0.25, 0.3) is 0 Å². The Morgan fingerprint density at radius 3 is 2.50 bits per heavy atom. The molecule has 0 bridgehead atoms. The summed E-state index contributed by atoms with van der Waals surface area (Å²) >= 11 is 6.25. The Hall–Kier alpha value is -2.09. The molecule has 1 saturated carbocycles. The number of anilines is 1. The van der Waals surface area contributed by atoms with E-state index in [0.717, 1.165) is 22.7 Å². The van der Waals surface area contributed by atoms with E-state index in [0.29, 0.717) is 41.9 Å². The first-order chi connectivity index (χ1) is 15.3. The molecular formula is C24H31ClN2O4S. The molecule has 0 unspecified atom stereocenters. The topological polar surface area (TPSA) is 75.7 Å². The van der Waals surface area contributed by atoms with Gasteiger partial charge in [0.1, 0.15) is 6.54 Å². The van der Waals surface area contributed by atoms with E-state index in [9.17, 15) is 13.2 Å². The first-order valence-corrected chi connectivity index (χ1v) is 12.8. The molecule has 1 fully saturated rings. The van der Waals surface area contributed by atoms with Gasteiger partial charge < -0.3 is 10.1 Å². The summed E-state index contributed by atoms with van der Waals surface area (Å²) in [6, 6.07) is 11.6. The van der Waals surface area contributed by atoms with Crippen molar-refractivity contribution in [3.8, 4) is 0 Å². The van der Waals surface area contributed by atoms with E-state index in [1.807, 2.05) is 6.92 Å². The molecule has 0 saturated heterocycles. The van der Waals surface area contributed by atoms with Gasteiger partial charge in [-0.1, -0.05) is 48.2 Å². The molecule has 2 aromatic rings. The van der Waals surface area contributed by atoms with Gasteiger partial charge in [0, 0.05) is 18.2 Å². The third-order valence-electron chi connectivity index (χ3n) is 5.70. The third-order valence-corrected chi connectivity index (χ3v) is 7.89. The lowest BCUT2D eigenvalue weighted by Crippen LogP contribution is -2.41. The van der Waals surface area contributed by atoms with Crippen LogP contribution in [-0.4, -0.2) is 40.1 Å². The van der Waals surface area contributed by atoms with Gasteiger partial charge in [-0.25, -0.2) is 8.42 Å². The summed E-state index contributed by atoms with van der Waals surface area (Å²) in [6.45, 7) is 4.32. The number of benzene rings is 2. The molecule has 0 aliphatic heterocycles. The van der Waals surface area contributed by atoms with Gasteiger partial charge in [0.05, 0.1) is 16.7 Å². The van der Waals surface area contributed by atoms with Crippen LogP contribution in [-0.2, 0) is 19.6 Å². The molecule has 2 aromatic carbocycles. The molecule has 0 atom stereocenters. The van der Waals surface area contributed by atoms with Crippen LogP contribution in [0.15, 0.2) is 47.4 Å². The number of aryl methyl sites for hydroxylation is 1. The number of sulfonamides is 1. The van der Waals surface area contributed by atoms with E-state index in [4.69, 9.17) is 16.3 Å². The molecule has 0 aromatic heterocycles. The molecule has 32 heavy (non-hydrogen) atoms. The molecule has 174 valence electrons. The second kappa shape index (κ2) is 11.2. The van der Waals surface area contributed by atoms with E-state index in [1.54, 1.807) is 49.4 Å². The van der Waals surface area contributed by atoms with Crippen molar-refractivity contribution in [1.82, 2.24) is 5.32 Å². The van der Waals surface area contributed by atoms with Crippen LogP contribution < -0.4 is 9.62 Å². The zero-order valence-corrected chi connectivity index (χ0v) is 20.2. The molecule has 1 aliphatic rings. The highest BCUT2D eigenvalue weighted by molar-refractivity contribution is 7.92. The highest BCUT2D eigenvalue weighted by Gasteiger charge is 2.28. The fourth-order valence-corrected chi connectivity index (χ4v) is 5.44. The Bertz CT molecular complexity index is 1020. The van der Waals surface area contributed by atoms with Gasteiger partial charge in [0.25, 0.3) is 10.0 Å². The molecule has 0 radical (unpaired) electrons. The summed E-state index contributed by atoms with van der Waals surface area (Å²) in [4.78, 5) is 12.8. The Labute approximate surface area is 196 Å². The van der Waals surface area contributed by atoms with E-state index in [-0.39, 0.29) is 17.3 Å². The van der Waals surface area contributed by atoms with Crippen LogP contribution in [0.5, 0.6) is 0 Å². The maximum absolute atomic E-state index is 13.4. The molecule has 1 amide bonds. The van der Waals surface area contributed by atoms with Crippen molar-refractivity contribution in [2.75, 3.05) is 24.0 Å². The lowest BCUT2D eigenvalue weighted by atomic mass is 10.2. The number of rotatable bonds is 10. The van der Waals surface area contributed by atoms with Gasteiger partial charge in [-0.15, -0.1) is 0 Å². The Balaban J connectivity index is 1.70. The summed E-state index contributed by atoms with van der Waals surface area (Å²) in [7, 11) is -3.96. The number of carbonyl (C=O) groups excluding carboxylic acids is 1. The van der Waals surface area contributed by atoms with Gasteiger partial charge in [-0.3, -0.25) is 9.10 Å². The zero-order valence-electron chi connectivity index (χ0n) is 18.6. The van der Waals surface area contributed by atoms with Gasteiger partial charge in [-0.2, -0.15) is 0 Å². The Morgan fingerprint density at radius 1 is 1.12 bits per heavy atom. The summed E-state index contributed by atoms with van der Waals surface area (Å²) < 4.78 is 33.8. The zero-order chi connectivity index (χ0) is 23.1. The predicted molar refractivity (Wildman–Crippen MR) is 128 cm³/mol. The van der Waals surface area contributed by atoms with Crippen molar-refractivity contribution in [3.63, 3.8) is 0 Å². The van der Waals surface area contributed by atoms with Crippen molar-refractivity contribution in [2.24, 2.45) is 0 Å². The van der Waals surface area contributed by atoms with Crippen molar-refractivity contribution >= 4 is 33.2 Å². The van der Waals surface area contributed by atoms with E-state index in [1.165, 1.54) is 12.8 Å². The normalized spacial score (nSPS) is 14.5. The predicted octanol–water partition coefficient (Wildman–Crippen LogP) is 4.62. The quantitative estimate of drug-likeness (QED) is 0.505. The highest BCUT2D eigenvalue weighted by atomic mass is 35.5.